The lowest BCUT2D eigenvalue weighted by Crippen LogP contribution is -2.23. The Balaban J connectivity index is 2.50. The topological polar surface area (TPSA) is 40.1 Å². The normalized spacial score (nSPS) is 10.3. The summed E-state index contributed by atoms with van der Waals surface area (Å²) in [5, 5.41) is 10.3. The van der Waals surface area contributed by atoms with Gasteiger partial charge in [0.1, 0.15) is 0 Å². The summed E-state index contributed by atoms with van der Waals surface area (Å²) in [6.45, 7) is 3.37. The Bertz CT molecular complexity index is 350. The Labute approximate surface area is 83.2 Å². The molecule has 2 heteroatoms. The maximum atomic E-state index is 10.3. The molecule has 0 amide bonds. The van der Waals surface area contributed by atoms with Crippen molar-refractivity contribution in [2.45, 2.75) is 6.42 Å². The number of hydrogen-bond donors (Lipinski definition) is 0. The van der Waals surface area contributed by atoms with E-state index in [1.54, 1.807) is 6.08 Å². The molecule has 0 saturated heterocycles. The van der Waals surface area contributed by atoms with E-state index in [4.69, 9.17) is 0 Å². The molecule has 0 radical (unpaired) electrons. The fraction of sp³-hybridized carbons (Fsp3) is 0.0833. The number of rotatable bonds is 4. The number of carboxylic acid groups (broad SMARTS) is 1. The van der Waals surface area contributed by atoms with E-state index < -0.39 is 5.97 Å². The fourth-order valence-electron chi connectivity index (χ4n) is 0.985. The van der Waals surface area contributed by atoms with Gasteiger partial charge in [0.2, 0.25) is 0 Å². The van der Waals surface area contributed by atoms with Gasteiger partial charge in [-0.15, -0.1) is 0 Å². The van der Waals surface area contributed by atoms with Gasteiger partial charge in [0, 0.05) is 0 Å². The third kappa shape index (κ3) is 3.27. The molecular weight excluding hydrogens is 176 g/mol. The molecule has 0 spiro atoms. The lowest BCUT2D eigenvalue weighted by atomic mass is 10.1. The molecular formula is C12H11O2-. The Morgan fingerprint density at radius 1 is 1.36 bits per heavy atom. The summed E-state index contributed by atoms with van der Waals surface area (Å²) in [7, 11) is 0. The SMILES string of the molecule is C=C(C/C=C/c1ccccc1)C(=O)[O-]. The first kappa shape index (κ1) is 10.3. The average molecular weight is 187 g/mol. The monoisotopic (exact) mass is 187 g/mol. The molecule has 0 aliphatic heterocycles. The quantitative estimate of drug-likeness (QED) is 0.668. The van der Waals surface area contributed by atoms with Crippen molar-refractivity contribution < 1.29 is 9.90 Å². The molecule has 0 N–H and O–H groups in total. The molecule has 0 heterocycles. The zero-order valence-electron chi connectivity index (χ0n) is 7.77. The van der Waals surface area contributed by atoms with Crippen molar-refractivity contribution in [3.05, 3.63) is 54.1 Å². The van der Waals surface area contributed by atoms with Crippen LogP contribution in [-0.2, 0) is 4.79 Å². The van der Waals surface area contributed by atoms with Crippen LogP contribution in [0, 0.1) is 0 Å². The number of carbonyl (C=O) groups is 1. The highest BCUT2D eigenvalue weighted by Crippen LogP contribution is 2.04. The van der Waals surface area contributed by atoms with Crippen LogP contribution in [0.5, 0.6) is 0 Å². The van der Waals surface area contributed by atoms with Crippen LogP contribution in [0.4, 0.5) is 0 Å². The highest BCUT2D eigenvalue weighted by Gasteiger charge is 1.90. The van der Waals surface area contributed by atoms with E-state index in [1.165, 1.54) is 0 Å². The maximum absolute atomic E-state index is 10.3. The van der Waals surface area contributed by atoms with Crippen molar-refractivity contribution >= 4 is 12.0 Å². The van der Waals surface area contributed by atoms with Gasteiger partial charge in [0.25, 0.3) is 0 Å². The molecule has 0 bridgehead atoms. The summed E-state index contributed by atoms with van der Waals surface area (Å²) in [6.07, 6.45) is 3.93. The number of carboxylic acids is 1. The predicted molar refractivity (Wildman–Crippen MR) is 54.2 cm³/mol. The van der Waals surface area contributed by atoms with E-state index in [-0.39, 0.29) is 5.57 Å². The highest BCUT2D eigenvalue weighted by atomic mass is 16.4. The molecule has 72 valence electrons. The first-order valence-electron chi connectivity index (χ1n) is 4.31. The second-order valence-electron chi connectivity index (χ2n) is 2.91. The Hall–Kier alpha value is -1.83. The molecule has 0 aromatic heterocycles. The van der Waals surface area contributed by atoms with E-state index >= 15 is 0 Å². The molecule has 0 aliphatic carbocycles. The van der Waals surface area contributed by atoms with Crippen LogP contribution in [0.25, 0.3) is 6.08 Å². The van der Waals surface area contributed by atoms with Gasteiger partial charge in [-0.3, -0.25) is 0 Å². The second-order valence-corrected chi connectivity index (χ2v) is 2.91. The summed E-state index contributed by atoms with van der Waals surface area (Å²) in [6, 6.07) is 9.66. The lowest BCUT2D eigenvalue weighted by Gasteiger charge is -2.01. The smallest absolute Gasteiger partial charge is 0.0672 e. The van der Waals surface area contributed by atoms with Crippen LogP contribution in [0.2, 0.25) is 0 Å². The zero-order valence-corrected chi connectivity index (χ0v) is 7.77. The average Bonchev–Trinajstić information content (AvgIpc) is 2.19. The van der Waals surface area contributed by atoms with Crippen LogP contribution in [0.1, 0.15) is 12.0 Å². The van der Waals surface area contributed by atoms with Crippen LogP contribution in [-0.4, -0.2) is 5.97 Å². The molecule has 1 rings (SSSR count). The van der Waals surface area contributed by atoms with Crippen molar-refractivity contribution in [3.8, 4) is 0 Å². The zero-order chi connectivity index (χ0) is 10.4. The van der Waals surface area contributed by atoms with E-state index in [0.29, 0.717) is 6.42 Å². The molecule has 1 aromatic carbocycles. The van der Waals surface area contributed by atoms with Gasteiger partial charge in [-0.05, 0) is 17.6 Å². The van der Waals surface area contributed by atoms with Crippen LogP contribution < -0.4 is 5.11 Å². The van der Waals surface area contributed by atoms with Crippen molar-refractivity contribution in [2.24, 2.45) is 0 Å². The van der Waals surface area contributed by atoms with E-state index in [1.807, 2.05) is 36.4 Å². The van der Waals surface area contributed by atoms with E-state index in [9.17, 15) is 9.90 Å². The second kappa shape index (κ2) is 5.02. The third-order valence-electron chi connectivity index (χ3n) is 1.76. The van der Waals surface area contributed by atoms with Gasteiger partial charge < -0.3 is 9.90 Å². The van der Waals surface area contributed by atoms with Crippen molar-refractivity contribution in [1.29, 1.82) is 0 Å². The van der Waals surface area contributed by atoms with Crippen molar-refractivity contribution in [3.63, 3.8) is 0 Å². The number of hydrogen-bond acceptors (Lipinski definition) is 2. The van der Waals surface area contributed by atoms with Crippen LogP contribution in [0.15, 0.2) is 48.6 Å². The molecule has 14 heavy (non-hydrogen) atoms. The summed E-state index contributed by atoms with van der Waals surface area (Å²) in [5.74, 6) is -1.19. The van der Waals surface area contributed by atoms with Crippen molar-refractivity contribution in [2.75, 3.05) is 0 Å². The van der Waals surface area contributed by atoms with Crippen LogP contribution in [0.3, 0.4) is 0 Å². The molecule has 0 unspecified atom stereocenters. The Morgan fingerprint density at radius 3 is 2.57 bits per heavy atom. The van der Waals surface area contributed by atoms with Gasteiger partial charge >= 0.3 is 0 Å². The molecule has 2 nitrogen and oxygen atoms in total. The Morgan fingerprint density at radius 2 is 2.00 bits per heavy atom. The standard InChI is InChI=1S/C12H12O2/c1-10(12(13)14)6-5-9-11-7-3-2-4-8-11/h2-5,7-9H,1,6H2,(H,13,14)/p-1/b9-5+. The summed E-state index contributed by atoms with van der Waals surface area (Å²) < 4.78 is 0. The van der Waals surface area contributed by atoms with Gasteiger partial charge in [-0.2, -0.15) is 0 Å². The van der Waals surface area contributed by atoms with E-state index in [0.717, 1.165) is 5.56 Å². The summed E-state index contributed by atoms with van der Waals surface area (Å²) in [5.41, 5.74) is 1.14. The number of benzene rings is 1. The van der Waals surface area contributed by atoms with Crippen molar-refractivity contribution in [1.82, 2.24) is 0 Å². The van der Waals surface area contributed by atoms with Gasteiger partial charge in [0.05, 0.1) is 5.97 Å². The lowest BCUT2D eigenvalue weighted by molar-refractivity contribution is -0.299. The minimum absolute atomic E-state index is 0.0946. The first-order chi connectivity index (χ1) is 6.70. The molecule has 0 fully saturated rings. The number of carbonyl (C=O) groups excluding carboxylic acids is 1. The predicted octanol–water partition coefficient (Wildman–Crippen LogP) is 1.40. The molecule has 1 aromatic rings. The Kier molecular flexibility index (Phi) is 3.68. The van der Waals surface area contributed by atoms with Gasteiger partial charge in [-0.25, -0.2) is 0 Å². The third-order valence-corrected chi connectivity index (χ3v) is 1.76. The maximum Gasteiger partial charge on any atom is 0.0672 e. The number of allylic oxidation sites excluding steroid dienone is 1. The molecule has 0 saturated carbocycles. The highest BCUT2D eigenvalue weighted by molar-refractivity contribution is 5.84. The van der Waals surface area contributed by atoms with Crippen LogP contribution >= 0.6 is 0 Å². The first-order valence-corrected chi connectivity index (χ1v) is 4.31. The summed E-state index contributed by atoms with van der Waals surface area (Å²) in [4.78, 5) is 10.3. The fourth-order valence-corrected chi connectivity index (χ4v) is 0.985. The minimum Gasteiger partial charge on any atom is -0.545 e. The largest absolute Gasteiger partial charge is 0.545 e. The molecule has 0 atom stereocenters. The van der Waals surface area contributed by atoms with Gasteiger partial charge in [-0.1, -0.05) is 49.1 Å². The number of aliphatic carboxylic acids is 1. The van der Waals surface area contributed by atoms with Gasteiger partial charge in [0.15, 0.2) is 0 Å². The van der Waals surface area contributed by atoms with E-state index in [2.05, 4.69) is 6.58 Å². The summed E-state index contributed by atoms with van der Waals surface area (Å²) >= 11 is 0. The molecule has 0 aliphatic rings. The minimum atomic E-state index is -1.19.